The molecule has 0 atom stereocenters. The van der Waals surface area contributed by atoms with Crippen LogP contribution in [-0.2, 0) is 5.41 Å². The summed E-state index contributed by atoms with van der Waals surface area (Å²) in [7, 11) is 0. The molecular formula is C34H29NS. The summed E-state index contributed by atoms with van der Waals surface area (Å²) in [6.45, 7) is 4.72. The molecule has 0 spiro atoms. The number of hydrogen-bond acceptors (Lipinski definition) is 2. The second kappa shape index (κ2) is 9.04. The minimum absolute atomic E-state index is 0.0883. The molecule has 0 saturated carbocycles. The molecule has 1 nitrogen and oxygen atoms in total. The predicted molar refractivity (Wildman–Crippen MR) is 156 cm³/mol. The topological polar surface area (TPSA) is 3.24 Å². The fourth-order valence-corrected chi connectivity index (χ4v) is 5.84. The van der Waals surface area contributed by atoms with Crippen LogP contribution in [0.3, 0.4) is 0 Å². The van der Waals surface area contributed by atoms with E-state index in [0.717, 1.165) is 11.4 Å². The highest BCUT2D eigenvalue weighted by Crippen LogP contribution is 2.51. The van der Waals surface area contributed by atoms with Crippen LogP contribution >= 0.6 is 11.8 Å². The summed E-state index contributed by atoms with van der Waals surface area (Å²) in [6, 6.07) is 44.1. The highest BCUT2D eigenvalue weighted by molar-refractivity contribution is 7.98. The maximum absolute atomic E-state index is 2.40. The first kappa shape index (κ1) is 22.7. The van der Waals surface area contributed by atoms with Crippen molar-refractivity contribution in [2.45, 2.75) is 24.2 Å². The van der Waals surface area contributed by atoms with Gasteiger partial charge in [0, 0.05) is 27.4 Å². The fourth-order valence-electron chi connectivity index (χ4n) is 5.43. The van der Waals surface area contributed by atoms with Crippen LogP contribution in [0.4, 0.5) is 17.1 Å². The molecule has 5 aromatic carbocycles. The van der Waals surface area contributed by atoms with Gasteiger partial charge >= 0.3 is 0 Å². The van der Waals surface area contributed by atoms with Gasteiger partial charge in [-0.3, -0.25) is 0 Å². The SMILES string of the molecule is CSc1ccc(-c2ccc3c(c2)C(C)(C)c2cc(N(c4ccccc4)c4ccccc4)ccc2-3)cc1. The largest absolute Gasteiger partial charge is 0.310 e. The summed E-state index contributed by atoms with van der Waals surface area (Å²) < 4.78 is 0. The van der Waals surface area contributed by atoms with E-state index in [9.17, 15) is 0 Å². The zero-order valence-electron chi connectivity index (χ0n) is 20.9. The van der Waals surface area contributed by atoms with Crippen LogP contribution in [0, 0.1) is 0 Å². The van der Waals surface area contributed by atoms with Crippen LogP contribution in [0.1, 0.15) is 25.0 Å². The molecule has 1 aliphatic rings. The van der Waals surface area contributed by atoms with Gasteiger partial charge < -0.3 is 4.90 Å². The van der Waals surface area contributed by atoms with E-state index < -0.39 is 0 Å². The van der Waals surface area contributed by atoms with E-state index in [1.54, 1.807) is 11.8 Å². The lowest BCUT2D eigenvalue weighted by molar-refractivity contribution is 0.660. The Morgan fingerprint density at radius 1 is 0.528 bits per heavy atom. The first-order valence-corrected chi connectivity index (χ1v) is 13.6. The van der Waals surface area contributed by atoms with Crippen molar-refractivity contribution in [3.63, 3.8) is 0 Å². The van der Waals surface area contributed by atoms with E-state index in [0.29, 0.717) is 0 Å². The lowest BCUT2D eigenvalue weighted by Gasteiger charge is -2.28. The summed E-state index contributed by atoms with van der Waals surface area (Å²) in [5.74, 6) is 0. The van der Waals surface area contributed by atoms with Crippen LogP contribution in [0.5, 0.6) is 0 Å². The van der Waals surface area contributed by atoms with Crippen molar-refractivity contribution in [2.24, 2.45) is 0 Å². The fraction of sp³-hybridized carbons (Fsp3) is 0.118. The molecule has 176 valence electrons. The second-order valence-corrected chi connectivity index (χ2v) is 10.7. The molecule has 36 heavy (non-hydrogen) atoms. The standard InChI is InChI=1S/C34H29NS/c1-34(2)32-22-25(24-14-18-29(36-3)19-15-24)16-20-30(32)31-21-17-28(23-33(31)34)35(26-10-6-4-7-11-26)27-12-8-5-9-13-27/h4-23H,1-3H3. The first-order valence-electron chi connectivity index (χ1n) is 12.4. The van der Waals surface area contributed by atoms with Crippen molar-refractivity contribution < 1.29 is 0 Å². The Hall–Kier alpha value is -3.75. The van der Waals surface area contributed by atoms with Gasteiger partial charge in [-0.15, -0.1) is 11.8 Å². The highest BCUT2D eigenvalue weighted by Gasteiger charge is 2.36. The van der Waals surface area contributed by atoms with Crippen LogP contribution in [0.2, 0.25) is 0 Å². The Balaban J connectivity index is 1.44. The molecule has 0 fully saturated rings. The number of fused-ring (bicyclic) bond motifs is 3. The van der Waals surface area contributed by atoms with Gasteiger partial charge in [0.25, 0.3) is 0 Å². The molecule has 5 aromatic rings. The lowest BCUT2D eigenvalue weighted by Crippen LogP contribution is -2.16. The third-order valence-electron chi connectivity index (χ3n) is 7.37. The summed E-state index contributed by atoms with van der Waals surface area (Å²) in [5.41, 5.74) is 11.4. The van der Waals surface area contributed by atoms with E-state index in [1.807, 2.05) is 0 Å². The molecule has 0 aliphatic heterocycles. The van der Waals surface area contributed by atoms with E-state index in [1.165, 1.54) is 44.0 Å². The van der Waals surface area contributed by atoms with Gasteiger partial charge in [0.15, 0.2) is 0 Å². The van der Waals surface area contributed by atoms with Gasteiger partial charge in [-0.05, 0) is 94.2 Å². The summed E-state index contributed by atoms with van der Waals surface area (Å²) in [6.07, 6.45) is 2.12. The number of rotatable bonds is 5. The van der Waals surface area contributed by atoms with Crippen LogP contribution in [-0.4, -0.2) is 6.26 Å². The Morgan fingerprint density at radius 2 is 1.06 bits per heavy atom. The van der Waals surface area contributed by atoms with Gasteiger partial charge in [-0.1, -0.05) is 80.6 Å². The molecule has 0 N–H and O–H groups in total. The Bertz CT molecular complexity index is 1480. The van der Waals surface area contributed by atoms with Gasteiger partial charge in [-0.2, -0.15) is 0 Å². The predicted octanol–water partition coefficient (Wildman–Crippen LogP) is 9.85. The maximum Gasteiger partial charge on any atom is 0.0465 e. The van der Waals surface area contributed by atoms with Crippen molar-refractivity contribution in [3.05, 3.63) is 132 Å². The molecule has 2 heteroatoms. The first-order chi connectivity index (χ1) is 17.6. The van der Waals surface area contributed by atoms with Gasteiger partial charge in [0.2, 0.25) is 0 Å². The summed E-state index contributed by atoms with van der Waals surface area (Å²) in [5, 5.41) is 0. The minimum Gasteiger partial charge on any atom is -0.310 e. The molecule has 1 aliphatic carbocycles. The quantitative estimate of drug-likeness (QED) is 0.229. The average Bonchev–Trinajstić information content (AvgIpc) is 3.16. The van der Waals surface area contributed by atoms with Crippen LogP contribution in [0.15, 0.2) is 126 Å². The number of thioether (sulfide) groups is 1. The number of para-hydroxylation sites is 2. The molecule has 0 aromatic heterocycles. The van der Waals surface area contributed by atoms with Gasteiger partial charge in [0.05, 0.1) is 0 Å². The average molecular weight is 484 g/mol. The normalized spacial score (nSPS) is 13.2. The number of anilines is 3. The van der Waals surface area contributed by atoms with E-state index >= 15 is 0 Å². The van der Waals surface area contributed by atoms with E-state index in [2.05, 4.69) is 146 Å². The van der Waals surface area contributed by atoms with Crippen molar-refractivity contribution in [2.75, 3.05) is 11.2 Å². The molecule has 0 heterocycles. The second-order valence-electron chi connectivity index (χ2n) is 9.85. The van der Waals surface area contributed by atoms with Crippen molar-refractivity contribution >= 4 is 28.8 Å². The van der Waals surface area contributed by atoms with Gasteiger partial charge in [-0.25, -0.2) is 0 Å². The summed E-state index contributed by atoms with van der Waals surface area (Å²) in [4.78, 5) is 3.64. The third-order valence-corrected chi connectivity index (χ3v) is 8.11. The molecule has 0 amide bonds. The molecule has 0 saturated heterocycles. The van der Waals surface area contributed by atoms with Crippen molar-refractivity contribution in [1.82, 2.24) is 0 Å². The van der Waals surface area contributed by atoms with E-state index in [4.69, 9.17) is 0 Å². The number of nitrogens with zero attached hydrogens (tertiary/aromatic N) is 1. The molecule has 0 radical (unpaired) electrons. The third kappa shape index (κ3) is 3.83. The minimum atomic E-state index is -0.0883. The molecule has 6 rings (SSSR count). The summed E-state index contributed by atoms with van der Waals surface area (Å²) >= 11 is 1.78. The van der Waals surface area contributed by atoms with Crippen LogP contribution < -0.4 is 4.90 Å². The maximum atomic E-state index is 2.40. The van der Waals surface area contributed by atoms with Crippen LogP contribution in [0.25, 0.3) is 22.3 Å². The van der Waals surface area contributed by atoms with Crippen molar-refractivity contribution in [1.29, 1.82) is 0 Å². The van der Waals surface area contributed by atoms with Gasteiger partial charge in [0.1, 0.15) is 0 Å². The molecule has 0 unspecified atom stereocenters. The molecular weight excluding hydrogens is 454 g/mol. The zero-order valence-corrected chi connectivity index (χ0v) is 21.7. The number of benzene rings is 5. The highest BCUT2D eigenvalue weighted by atomic mass is 32.2. The van der Waals surface area contributed by atoms with E-state index in [-0.39, 0.29) is 5.41 Å². The molecule has 0 bridgehead atoms. The zero-order chi connectivity index (χ0) is 24.7. The Morgan fingerprint density at radius 3 is 1.64 bits per heavy atom. The number of hydrogen-bond donors (Lipinski definition) is 0. The van der Waals surface area contributed by atoms with Crippen molar-refractivity contribution in [3.8, 4) is 22.3 Å². The Kier molecular flexibility index (Phi) is 5.70. The smallest absolute Gasteiger partial charge is 0.0465 e. The monoisotopic (exact) mass is 483 g/mol. The lowest BCUT2D eigenvalue weighted by atomic mass is 9.81. The Labute approximate surface area is 218 Å².